The molecular formula is C22H36IN5O. The smallest absolute Gasteiger partial charge is 0.220 e. The summed E-state index contributed by atoms with van der Waals surface area (Å²) in [6.07, 6.45) is 3.87. The standard InChI is InChI=1S/C22H35N5O.HI/c1-4-24-22(26-12-9-18(10-13-26)15-21(28)23-3)25-16-17(2)27-14-11-19-7-5-6-8-20(19)27;/h5-8,17-18H,4,9-16H2,1-3H3,(H,23,28)(H,24,25);1H. The van der Waals surface area contributed by atoms with Crippen LogP contribution in [0.4, 0.5) is 5.69 Å². The normalized spacial score (nSPS) is 18.1. The number of piperidine rings is 1. The largest absolute Gasteiger partial charge is 0.366 e. The summed E-state index contributed by atoms with van der Waals surface area (Å²) in [6, 6.07) is 9.09. The number of carbonyl (C=O) groups excluding carboxylic acids is 1. The van der Waals surface area contributed by atoms with Gasteiger partial charge in [-0.05, 0) is 50.7 Å². The quantitative estimate of drug-likeness (QED) is 0.349. The molecule has 1 aromatic carbocycles. The summed E-state index contributed by atoms with van der Waals surface area (Å²) >= 11 is 0. The molecule has 3 rings (SSSR count). The number of para-hydroxylation sites is 1. The molecule has 0 aromatic heterocycles. The van der Waals surface area contributed by atoms with Gasteiger partial charge in [0.05, 0.1) is 6.54 Å². The van der Waals surface area contributed by atoms with Crippen molar-refractivity contribution in [1.82, 2.24) is 15.5 Å². The molecule has 6 nitrogen and oxygen atoms in total. The van der Waals surface area contributed by atoms with Gasteiger partial charge < -0.3 is 20.4 Å². The number of fused-ring (bicyclic) bond motifs is 1. The molecule has 0 radical (unpaired) electrons. The van der Waals surface area contributed by atoms with Gasteiger partial charge in [-0.25, -0.2) is 0 Å². The van der Waals surface area contributed by atoms with Crippen LogP contribution in [0.15, 0.2) is 29.3 Å². The van der Waals surface area contributed by atoms with Gasteiger partial charge >= 0.3 is 0 Å². The lowest BCUT2D eigenvalue weighted by Gasteiger charge is -2.34. The van der Waals surface area contributed by atoms with E-state index in [2.05, 4.69) is 58.5 Å². The van der Waals surface area contributed by atoms with Crippen molar-refractivity contribution in [3.63, 3.8) is 0 Å². The lowest BCUT2D eigenvalue weighted by Crippen LogP contribution is -2.46. The van der Waals surface area contributed by atoms with Crippen LogP contribution in [0.3, 0.4) is 0 Å². The van der Waals surface area contributed by atoms with E-state index in [1.165, 1.54) is 11.3 Å². The molecular weight excluding hydrogens is 477 g/mol. The first-order valence-electron chi connectivity index (χ1n) is 10.7. The zero-order chi connectivity index (χ0) is 19.9. The number of amides is 1. The van der Waals surface area contributed by atoms with Crippen molar-refractivity contribution < 1.29 is 4.79 Å². The number of nitrogens with one attached hydrogen (secondary N) is 2. The molecule has 1 unspecified atom stereocenters. The number of guanidine groups is 1. The summed E-state index contributed by atoms with van der Waals surface area (Å²) in [5, 5.41) is 6.20. The van der Waals surface area contributed by atoms with Crippen molar-refractivity contribution in [1.29, 1.82) is 0 Å². The Morgan fingerprint density at radius 3 is 2.66 bits per heavy atom. The van der Waals surface area contributed by atoms with Crippen LogP contribution in [0.1, 0.15) is 38.7 Å². The van der Waals surface area contributed by atoms with Crippen molar-refractivity contribution in [2.75, 3.05) is 44.7 Å². The molecule has 2 aliphatic rings. The number of halogens is 1. The number of hydrogen-bond donors (Lipinski definition) is 2. The number of nitrogens with zero attached hydrogens (tertiary/aromatic N) is 3. The Bertz CT molecular complexity index is 688. The molecule has 1 fully saturated rings. The molecule has 2 N–H and O–H groups in total. The number of benzene rings is 1. The van der Waals surface area contributed by atoms with Gasteiger partial charge in [0.1, 0.15) is 0 Å². The van der Waals surface area contributed by atoms with Gasteiger partial charge in [-0.15, -0.1) is 24.0 Å². The van der Waals surface area contributed by atoms with Crippen LogP contribution in [0.25, 0.3) is 0 Å². The monoisotopic (exact) mass is 513 g/mol. The Morgan fingerprint density at radius 2 is 1.97 bits per heavy atom. The number of likely N-dealkylation sites (tertiary alicyclic amines) is 1. The second-order valence-electron chi connectivity index (χ2n) is 7.92. The summed E-state index contributed by atoms with van der Waals surface area (Å²) < 4.78 is 0. The van der Waals surface area contributed by atoms with Crippen LogP contribution in [0.2, 0.25) is 0 Å². The molecule has 0 bridgehead atoms. The van der Waals surface area contributed by atoms with E-state index in [0.29, 0.717) is 18.4 Å². The molecule has 0 spiro atoms. The van der Waals surface area contributed by atoms with E-state index in [1.807, 2.05) is 0 Å². The molecule has 29 heavy (non-hydrogen) atoms. The van der Waals surface area contributed by atoms with Gasteiger partial charge in [0.25, 0.3) is 0 Å². The summed E-state index contributed by atoms with van der Waals surface area (Å²) in [4.78, 5) is 21.4. The minimum atomic E-state index is 0. The molecule has 162 valence electrons. The zero-order valence-corrected chi connectivity index (χ0v) is 20.3. The maximum absolute atomic E-state index is 11.6. The lowest BCUT2D eigenvalue weighted by molar-refractivity contribution is -0.121. The minimum Gasteiger partial charge on any atom is -0.366 e. The summed E-state index contributed by atoms with van der Waals surface area (Å²) in [7, 11) is 1.72. The third-order valence-electron chi connectivity index (χ3n) is 5.96. The maximum Gasteiger partial charge on any atom is 0.220 e. The fraction of sp³-hybridized carbons (Fsp3) is 0.636. The minimum absolute atomic E-state index is 0. The Labute approximate surface area is 192 Å². The third kappa shape index (κ3) is 6.23. The third-order valence-corrected chi connectivity index (χ3v) is 5.96. The second-order valence-corrected chi connectivity index (χ2v) is 7.92. The van der Waals surface area contributed by atoms with Crippen molar-refractivity contribution in [2.24, 2.45) is 10.9 Å². The first-order chi connectivity index (χ1) is 13.6. The summed E-state index contributed by atoms with van der Waals surface area (Å²) in [5.74, 6) is 1.65. The molecule has 1 amide bonds. The first kappa shape index (κ1) is 23.8. The lowest BCUT2D eigenvalue weighted by atomic mass is 9.93. The van der Waals surface area contributed by atoms with E-state index in [9.17, 15) is 4.79 Å². The van der Waals surface area contributed by atoms with Gasteiger partial charge in [0.15, 0.2) is 5.96 Å². The van der Waals surface area contributed by atoms with Crippen molar-refractivity contribution in [2.45, 2.75) is 45.6 Å². The van der Waals surface area contributed by atoms with E-state index in [-0.39, 0.29) is 29.9 Å². The van der Waals surface area contributed by atoms with E-state index in [1.54, 1.807) is 7.05 Å². The van der Waals surface area contributed by atoms with E-state index < -0.39 is 0 Å². The molecule has 1 saturated heterocycles. The number of hydrogen-bond acceptors (Lipinski definition) is 3. The molecule has 0 aliphatic carbocycles. The molecule has 2 aliphatic heterocycles. The fourth-order valence-corrected chi connectivity index (χ4v) is 4.28. The molecule has 0 saturated carbocycles. The van der Waals surface area contributed by atoms with E-state index in [0.717, 1.165) is 57.9 Å². The highest BCUT2D eigenvalue weighted by Gasteiger charge is 2.25. The van der Waals surface area contributed by atoms with Crippen molar-refractivity contribution >= 4 is 41.5 Å². The zero-order valence-electron chi connectivity index (χ0n) is 18.0. The van der Waals surface area contributed by atoms with Crippen LogP contribution in [-0.4, -0.2) is 62.6 Å². The molecule has 1 aromatic rings. The Kier molecular flexibility index (Phi) is 9.52. The van der Waals surface area contributed by atoms with Crippen LogP contribution < -0.4 is 15.5 Å². The van der Waals surface area contributed by atoms with Crippen LogP contribution in [0, 0.1) is 5.92 Å². The highest BCUT2D eigenvalue weighted by atomic mass is 127. The average Bonchev–Trinajstić information content (AvgIpc) is 3.15. The summed E-state index contributed by atoms with van der Waals surface area (Å²) in [6.45, 7) is 9.06. The van der Waals surface area contributed by atoms with Gasteiger partial charge in [-0.3, -0.25) is 9.79 Å². The Balaban J connectivity index is 0.00000300. The number of rotatable bonds is 6. The van der Waals surface area contributed by atoms with E-state index >= 15 is 0 Å². The highest BCUT2D eigenvalue weighted by molar-refractivity contribution is 14.0. The van der Waals surface area contributed by atoms with Crippen molar-refractivity contribution in [3.05, 3.63) is 29.8 Å². The number of aliphatic imine (C=N–C) groups is 1. The molecule has 2 heterocycles. The maximum atomic E-state index is 11.6. The second kappa shape index (κ2) is 11.6. The van der Waals surface area contributed by atoms with Gasteiger partial charge in [-0.2, -0.15) is 0 Å². The predicted molar refractivity (Wildman–Crippen MR) is 131 cm³/mol. The van der Waals surface area contributed by atoms with Gasteiger partial charge in [0, 0.05) is 51.4 Å². The molecule has 7 heteroatoms. The van der Waals surface area contributed by atoms with Crippen LogP contribution >= 0.6 is 24.0 Å². The number of carbonyl (C=O) groups is 1. The highest BCUT2D eigenvalue weighted by Crippen LogP contribution is 2.29. The average molecular weight is 513 g/mol. The molecule has 1 atom stereocenters. The Morgan fingerprint density at radius 1 is 1.24 bits per heavy atom. The van der Waals surface area contributed by atoms with Crippen molar-refractivity contribution in [3.8, 4) is 0 Å². The van der Waals surface area contributed by atoms with Crippen LogP contribution in [-0.2, 0) is 11.2 Å². The SMILES string of the molecule is CCNC(=NCC(C)N1CCc2ccccc21)N1CCC(CC(=O)NC)CC1.I. The predicted octanol–water partition coefficient (Wildman–Crippen LogP) is 2.87. The van der Waals surface area contributed by atoms with Crippen LogP contribution in [0.5, 0.6) is 0 Å². The topological polar surface area (TPSA) is 60.0 Å². The van der Waals surface area contributed by atoms with E-state index in [4.69, 9.17) is 4.99 Å². The Hall–Kier alpha value is -1.51. The first-order valence-corrected chi connectivity index (χ1v) is 10.7. The fourth-order valence-electron chi connectivity index (χ4n) is 4.28. The number of anilines is 1. The summed E-state index contributed by atoms with van der Waals surface area (Å²) in [5.41, 5.74) is 2.81. The van der Waals surface area contributed by atoms with Gasteiger partial charge in [-0.1, -0.05) is 18.2 Å². The van der Waals surface area contributed by atoms with Gasteiger partial charge in [0.2, 0.25) is 5.91 Å².